The first-order valence-electron chi connectivity index (χ1n) is 6.94. The smallest absolute Gasteiger partial charge is 0.338 e. The molecule has 3 rings (SSSR count). The zero-order valence-electron chi connectivity index (χ0n) is 11.7. The zero-order valence-corrected chi connectivity index (χ0v) is 11.7. The van der Waals surface area contributed by atoms with Crippen molar-refractivity contribution in [3.05, 3.63) is 35.5 Å². The molecule has 21 heavy (non-hydrogen) atoms. The third-order valence-electron chi connectivity index (χ3n) is 3.23. The number of aromatic nitrogens is 1. The molecule has 0 unspecified atom stereocenters. The highest BCUT2D eigenvalue weighted by Crippen LogP contribution is 2.32. The minimum Gasteiger partial charge on any atom is -0.488 e. The first kappa shape index (κ1) is 13.5. The largest absolute Gasteiger partial charge is 0.488 e. The fourth-order valence-electron chi connectivity index (χ4n) is 2.09. The van der Waals surface area contributed by atoms with Crippen LogP contribution in [0.15, 0.2) is 24.4 Å². The van der Waals surface area contributed by atoms with E-state index in [4.69, 9.17) is 9.47 Å². The molecule has 1 saturated carbocycles. The number of carbonyl (C=O) groups excluding carboxylic acids is 2. The Morgan fingerprint density at radius 2 is 2.19 bits per heavy atom. The Morgan fingerprint density at radius 1 is 1.38 bits per heavy atom. The quantitative estimate of drug-likeness (QED) is 0.624. The molecule has 0 atom stereocenters. The highest BCUT2D eigenvalue weighted by Gasteiger charge is 2.25. The fraction of sp³-hybridized carbons (Fsp3) is 0.312. The normalized spacial score (nSPS) is 14.0. The second kappa shape index (κ2) is 5.52. The molecule has 5 nitrogen and oxygen atoms in total. The molecule has 0 amide bonds. The summed E-state index contributed by atoms with van der Waals surface area (Å²) in [6, 6.07) is 5.02. The molecule has 0 aliphatic heterocycles. The van der Waals surface area contributed by atoms with Crippen LogP contribution in [-0.4, -0.2) is 30.0 Å². The average Bonchev–Trinajstić information content (AvgIpc) is 3.30. The Bertz CT molecular complexity index is 707. The van der Waals surface area contributed by atoms with Gasteiger partial charge in [-0.25, -0.2) is 4.79 Å². The van der Waals surface area contributed by atoms with Crippen molar-refractivity contribution >= 4 is 23.2 Å². The monoisotopic (exact) mass is 285 g/mol. The number of esters is 1. The Balaban J connectivity index is 2.10. The number of rotatable bonds is 5. The summed E-state index contributed by atoms with van der Waals surface area (Å²) < 4.78 is 10.8. The predicted octanol–water partition coefficient (Wildman–Crippen LogP) is 2.77. The Morgan fingerprint density at radius 3 is 2.86 bits per heavy atom. The summed E-state index contributed by atoms with van der Waals surface area (Å²) in [5.74, 6) is 0.159. The summed E-state index contributed by atoms with van der Waals surface area (Å²) in [6.45, 7) is 2.06. The lowest BCUT2D eigenvalue weighted by atomic mass is 10.1. The van der Waals surface area contributed by atoms with Crippen LogP contribution >= 0.6 is 0 Å². The molecule has 1 aliphatic carbocycles. The molecular weight excluding hydrogens is 270 g/mol. The first-order chi connectivity index (χ1) is 10.2. The minimum absolute atomic E-state index is 0.193. The second-order valence-corrected chi connectivity index (χ2v) is 4.97. The summed E-state index contributed by atoms with van der Waals surface area (Å²) in [4.78, 5) is 27.1. The van der Waals surface area contributed by atoms with Crippen LogP contribution < -0.4 is 4.74 Å². The topological polar surface area (TPSA) is 65.5 Å². The van der Waals surface area contributed by atoms with Gasteiger partial charge in [-0.1, -0.05) is 0 Å². The van der Waals surface area contributed by atoms with E-state index in [9.17, 15) is 9.59 Å². The maximum Gasteiger partial charge on any atom is 0.338 e. The van der Waals surface area contributed by atoms with Crippen molar-refractivity contribution in [2.45, 2.75) is 25.9 Å². The van der Waals surface area contributed by atoms with Gasteiger partial charge in [-0.05, 0) is 38.0 Å². The molecular formula is C16H15NO4. The summed E-state index contributed by atoms with van der Waals surface area (Å²) in [7, 11) is 0. The van der Waals surface area contributed by atoms with Gasteiger partial charge in [0.1, 0.15) is 11.3 Å². The lowest BCUT2D eigenvalue weighted by Crippen LogP contribution is -2.06. The maximum atomic E-state index is 11.9. The number of nitrogens with zero attached hydrogens (tertiary/aromatic N) is 1. The first-order valence-corrected chi connectivity index (χ1v) is 6.94. The van der Waals surface area contributed by atoms with Gasteiger partial charge in [0, 0.05) is 17.1 Å². The van der Waals surface area contributed by atoms with E-state index in [0.717, 1.165) is 19.1 Å². The number of fused-ring (bicyclic) bond motifs is 1. The number of benzene rings is 1. The molecule has 1 aromatic heterocycles. The van der Waals surface area contributed by atoms with Crippen LogP contribution in [-0.2, 0) is 4.74 Å². The van der Waals surface area contributed by atoms with Crippen LogP contribution in [0, 0.1) is 0 Å². The third kappa shape index (κ3) is 2.86. The standard InChI is InChI=1S/C16H15NO4/c1-2-20-16(19)12-6-11-5-10(9-18)8-17-15(11)14(7-12)21-13-3-4-13/h5-9,13H,2-4H2,1H3. The van der Waals surface area contributed by atoms with Crippen LogP contribution in [0.4, 0.5) is 0 Å². The lowest BCUT2D eigenvalue weighted by Gasteiger charge is -2.10. The van der Waals surface area contributed by atoms with Crippen molar-refractivity contribution < 1.29 is 19.1 Å². The van der Waals surface area contributed by atoms with Gasteiger partial charge in [0.05, 0.1) is 18.3 Å². The predicted molar refractivity (Wildman–Crippen MR) is 76.7 cm³/mol. The van der Waals surface area contributed by atoms with Gasteiger partial charge >= 0.3 is 5.97 Å². The summed E-state index contributed by atoms with van der Waals surface area (Å²) in [6.07, 6.45) is 4.44. The van der Waals surface area contributed by atoms with Crippen LogP contribution in [0.2, 0.25) is 0 Å². The molecule has 1 aromatic carbocycles. The average molecular weight is 285 g/mol. The van der Waals surface area contributed by atoms with E-state index in [0.29, 0.717) is 34.4 Å². The van der Waals surface area contributed by atoms with Crippen LogP contribution in [0.1, 0.15) is 40.5 Å². The van der Waals surface area contributed by atoms with Crippen LogP contribution in [0.5, 0.6) is 5.75 Å². The molecule has 108 valence electrons. The van der Waals surface area contributed by atoms with Gasteiger partial charge in [-0.15, -0.1) is 0 Å². The van der Waals surface area contributed by atoms with Crippen molar-refractivity contribution in [1.29, 1.82) is 0 Å². The Kier molecular flexibility index (Phi) is 3.56. The molecule has 1 fully saturated rings. The Labute approximate surface area is 121 Å². The number of ether oxygens (including phenoxy) is 2. The zero-order chi connectivity index (χ0) is 14.8. The number of aldehydes is 1. The molecule has 5 heteroatoms. The van der Waals surface area contributed by atoms with E-state index < -0.39 is 5.97 Å². The SMILES string of the molecule is CCOC(=O)c1cc(OC2CC2)c2ncc(C=O)cc2c1. The van der Waals surface area contributed by atoms with E-state index in [1.165, 1.54) is 6.20 Å². The van der Waals surface area contributed by atoms with Gasteiger partial charge in [0.25, 0.3) is 0 Å². The van der Waals surface area contributed by atoms with Crippen molar-refractivity contribution in [3.8, 4) is 5.75 Å². The molecule has 0 saturated heterocycles. The summed E-state index contributed by atoms with van der Waals surface area (Å²) in [5.41, 5.74) is 1.52. The van der Waals surface area contributed by atoms with Crippen LogP contribution in [0.25, 0.3) is 10.9 Å². The maximum absolute atomic E-state index is 11.9. The molecule has 0 N–H and O–H groups in total. The second-order valence-electron chi connectivity index (χ2n) is 4.97. The highest BCUT2D eigenvalue weighted by molar-refractivity contribution is 5.98. The van der Waals surface area contributed by atoms with Crippen molar-refractivity contribution in [2.24, 2.45) is 0 Å². The van der Waals surface area contributed by atoms with E-state index in [2.05, 4.69) is 4.98 Å². The van der Waals surface area contributed by atoms with E-state index in [1.807, 2.05) is 0 Å². The molecule has 2 aromatic rings. The number of carbonyl (C=O) groups is 2. The van der Waals surface area contributed by atoms with Gasteiger partial charge in [-0.2, -0.15) is 0 Å². The highest BCUT2D eigenvalue weighted by atomic mass is 16.5. The van der Waals surface area contributed by atoms with Gasteiger partial charge in [0.15, 0.2) is 6.29 Å². The molecule has 1 heterocycles. The minimum atomic E-state index is -0.406. The van der Waals surface area contributed by atoms with Gasteiger partial charge in [-0.3, -0.25) is 9.78 Å². The van der Waals surface area contributed by atoms with E-state index in [-0.39, 0.29) is 6.10 Å². The summed E-state index contributed by atoms with van der Waals surface area (Å²) in [5, 5.41) is 0.695. The van der Waals surface area contributed by atoms with Gasteiger partial charge < -0.3 is 9.47 Å². The number of hydrogen-bond donors (Lipinski definition) is 0. The van der Waals surface area contributed by atoms with Crippen LogP contribution in [0.3, 0.4) is 0 Å². The van der Waals surface area contributed by atoms with E-state index in [1.54, 1.807) is 25.1 Å². The van der Waals surface area contributed by atoms with Crippen molar-refractivity contribution in [3.63, 3.8) is 0 Å². The molecule has 0 spiro atoms. The molecule has 1 aliphatic rings. The van der Waals surface area contributed by atoms with Gasteiger partial charge in [0.2, 0.25) is 0 Å². The van der Waals surface area contributed by atoms with E-state index >= 15 is 0 Å². The lowest BCUT2D eigenvalue weighted by molar-refractivity contribution is 0.0526. The number of pyridine rings is 1. The third-order valence-corrected chi connectivity index (χ3v) is 3.23. The number of hydrogen-bond acceptors (Lipinski definition) is 5. The molecule has 0 bridgehead atoms. The fourth-order valence-corrected chi connectivity index (χ4v) is 2.09. The van der Waals surface area contributed by atoms with Crippen molar-refractivity contribution in [1.82, 2.24) is 4.98 Å². The summed E-state index contributed by atoms with van der Waals surface area (Å²) >= 11 is 0. The van der Waals surface area contributed by atoms with Crippen molar-refractivity contribution in [2.75, 3.05) is 6.61 Å². The molecule has 0 radical (unpaired) electrons. The Hall–Kier alpha value is -2.43.